The van der Waals surface area contributed by atoms with Gasteiger partial charge in [-0.05, 0) is 37.3 Å². The van der Waals surface area contributed by atoms with E-state index >= 15 is 0 Å². The van der Waals surface area contributed by atoms with Gasteiger partial charge in [-0.3, -0.25) is 14.4 Å². The first-order valence-electron chi connectivity index (χ1n) is 8.16. The lowest BCUT2D eigenvalue weighted by Gasteiger charge is -2.24. The molecule has 1 spiro atoms. The number of nitrogens with one attached hydrogen (secondary N) is 2. The number of amides is 1. The van der Waals surface area contributed by atoms with Gasteiger partial charge >= 0.3 is 5.97 Å². The van der Waals surface area contributed by atoms with E-state index in [0.717, 1.165) is 5.56 Å². The zero-order valence-electron chi connectivity index (χ0n) is 14.7. The maximum absolute atomic E-state index is 12.5. The molecule has 2 atom stereocenters. The summed E-state index contributed by atoms with van der Waals surface area (Å²) in [6.07, 6.45) is 3.87. The first-order valence-corrected chi connectivity index (χ1v) is 9.64. The van der Waals surface area contributed by atoms with Crippen LogP contribution in [0.5, 0.6) is 0 Å². The monoisotopic (exact) mass is 390 g/mol. The topological polar surface area (TPSA) is 119 Å². The lowest BCUT2D eigenvalue weighted by atomic mass is 9.91. The first-order chi connectivity index (χ1) is 12.6. The molecule has 0 aromatic heterocycles. The molecule has 1 aromatic carbocycles. The summed E-state index contributed by atoms with van der Waals surface area (Å²) in [6, 6.07) is 5.08. The summed E-state index contributed by atoms with van der Waals surface area (Å²) in [5, 5.41) is 2.38. The zero-order chi connectivity index (χ0) is 19.8. The molecule has 2 aliphatic rings. The van der Waals surface area contributed by atoms with Gasteiger partial charge in [-0.1, -0.05) is 17.7 Å². The number of rotatable bonds is 4. The quantitative estimate of drug-likeness (QED) is 0.722. The number of allylic oxidation sites excluding steroid dienone is 1. The van der Waals surface area contributed by atoms with Crippen LogP contribution in [0.1, 0.15) is 18.9 Å². The molecule has 1 amide bonds. The van der Waals surface area contributed by atoms with Gasteiger partial charge in [-0.25, -0.2) is 8.42 Å². The maximum atomic E-state index is 12.5. The fraction of sp³-hybridized carbons (Fsp3) is 0.278. The van der Waals surface area contributed by atoms with Gasteiger partial charge in [0.1, 0.15) is 6.04 Å². The van der Waals surface area contributed by atoms with Gasteiger partial charge in [0.25, 0.3) is 0 Å². The molecular formula is C18H18N2O6S. The van der Waals surface area contributed by atoms with Gasteiger partial charge in [-0.2, -0.15) is 4.72 Å². The van der Waals surface area contributed by atoms with Crippen molar-refractivity contribution < 1.29 is 27.5 Å². The van der Waals surface area contributed by atoms with E-state index in [0.29, 0.717) is 0 Å². The fourth-order valence-electron chi connectivity index (χ4n) is 2.91. The smallest absolute Gasteiger partial charge is 0.325 e. The van der Waals surface area contributed by atoms with E-state index in [1.165, 1.54) is 37.3 Å². The molecule has 1 saturated heterocycles. The Morgan fingerprint density at radius 2 is 1.89 bits per heavy atom. The highest BCUT2D eigenvalue weighted by molar-refractivity contribution is 7.89. The van der Waals surface area contributed by atoms with E-state index < -0.39 is 39.3 Å². The number of ketones is 1. The van der Waals surface area contributed by atoms with E-state index in [9.17, 15) is 22.8 Å². The van der Waals surface area contributed by atoms with E-state index in [-0.39, 0.29) is 17.0 Å². The second-order valence-corrected chi connectivity index (χ2v) is 8.22. The minimum Gasteiger partial charge on any atom is -0.449 e. The second kappa shape index (κ2) is 6.75. The van der Waals surface area contributed by atoms with Crippen LogP contribution >= 0.6 is 0 Å². The number of ether oxygens (including phenoxy) is 1. The Kier molecular flexibility index (Phi) is 4.75. The summed E-state index contributed by atoms with van der Waals surface area (Å²) < 4.78 is 32.7. The van der Waals surface area contributed by atoms with Gasteiger partial charge < -0.3 is 10.1 Å². The molecular weight excluding hydrogens is 372 g/mol. The molecule has 1 aliphatic heterocycles. The second-order valence-electron chi connectivity index (χ2n) is 6.50. The van der Waals surface area contributed by atoms with Gasteiger partial charge in [0.05, 0.1) is 10.6 Å². The number of aryl methyl sites for hydroxylation is 1. The van der Waals surface area contributed by atoms with Gasteiger partial charge in [0, 0.05) is 13.3 Å². The molecule has 2 N–H and O–H groups in total. The number of hydrogen-bond donors (Lipinski definition) is 2. The number of hydrogen-bond acceptors (Lipinski definition) is 6. The Morgan fingerprint density at radius 3 is 2.52 bits per heavy atom. The number of esters is 1. The average Bonchev–Trinajstić information content (AvgIpc) is 2.86. The van der Waals surface area contributed by atoms with E-state index in [1.807, 2.05) is 6.92 Å². The third-order valence-electron chi connectivity index (χ3n) is 4.21. The summed E-state index contributed by atoms with van der Waals surface area (Å²) in [6.45, 7) is 3.08. The van der Waals surface area contributed by atoms with E-state index in [2.05, 4.69) is 10.0 Å². The van der Waals surface area contributed by atoms with Gasteiger partial charge in [0.2, 0.25) is 21.7 Å². The molecule has 27 heavy (non-hydrogen) atoms. The van der Waals surface area contributed by atoms with Crippen molar-refractivity contribution in [3.05, 3.63) is 53.8 Å². The molecule has 1 fully saturated rings. The standard InChI is InChI=1S/C18H18N2O6S/c1-11-3-5-13(6-4-11)27(24,25)20-15-10-18(26-17(15)23)8-7-16(22)14(9-18)19-12(2)21/h3-9,15,20H,10H2,1-2H3,(H,19,21)/t15-,18?/m1/s1. The van der Waals surface area contributed by atoms with Crippen molar-refractivity contribution in [3.8, 4) is 0 Å². The summed E-state index contributed by atoms with van der Waals surface area (Å²) >= 11 is 0. The SMILES string of the molecule is CC(=O)NC1=CC2(C=CC1=O)C[C@@H](NS(=O)(=O)c1ccc(C)cc1)C(=O)O2. The number of sulfonamides is 1. The maximum Gasteiger partial charge on any atom is 0.325 e. The van der Waals surface area contributed by atoms with Crippen molar-refractivity contribution in [2.45, 2.75) is 36.8 Å². The lowest BCUT2D eigenvalue weighted by Crippen LogP contribution is -2.38. The van der Waals surface area contributed by atoms with Crippen molar-refractivity contribution in [2.75, 3.05) is 0 Å². The predicted molar refractivity (Wildman–Crippen MR) is 94.8 cm³/mol. The highest BCUT2D eigenvalue weighted by Gasteiger charge is 2.47. The van der Waals surface area contributed by atoms with Crippen LogP contribution in [0.25, 0.3) is 0 Å². The predicted octanol–water partition coefficient (Wildman–Crippen LogP) is 0.487. The molecule has 1 aliphatic carbocycles. The summed E-state index contributed by atoms with van der Waals surface area (Å²) in [4.78, 5) is 35.4. The minimum absolute atomic E-state index is 0.0140. The highest BCUT2D eigenvalue weighted by Crippen LogP contribution is 2.34. The number of carbonyl (C=O) groups excluding carboxylic acids is 3. The van der Waals surface area contributed by atoms with Crippen LogP contribution in [-0.2, 0) is 29.1 Å². The highest BCUT2D eigenvalue weighted by atomic mass is 32.2. The Balaban J connectivity index is 1.82. The zero-order valence-corrected chi connectivity index (χ0v) is 15.5. The molecule has 1 aromatic rings. The molecule has 142 valence electrons. The summed E-state index contributed by atoms with van der Waals surface area (Å²) in [5.41, 5.74) is -0.399. The molecule has 0 saturated carbocycles. The minimum atomic E-state index is -3.92. The Labute approximate surface area is 156 Å². The Morgan fingerprint density at radius 1 is 1.22 bits per heavy atom. The van der Waals surface area contributed by atoms with Crippen molar-refractivity contribution in [3.63, 3.8) is 0 Å². The lowest BCUT2D eigenvalue weighted by molar-refractivity contribution is -0.144. The van der Waals surface area contributed by atoms with Crippen molar-refractivity contribution in [1.82, 2.24) is 10.0 Å². The third kappa shape index (κ3) is 3.99. The normalized spacial score (nSPS) is 24.7. The van der Waals surface area contributed by atoms with Crippen molar-refractivity contribution in [2.24, 2.45) is 0 Å². The van der Waals surface area contributed by atoms with Crippen LogP contribution in [0.3, 0.4) is 0 Å². The molecule has 3 rings (SSSR count). The van der Waals surface area contributed by atoms with Crippen LogP contribution < -0.4 is 10.0 Å². The Bertz CT molecular complexity index is 978. The molecule has 0 bridgehead atoms. The Hall–Kier alpha value is -2.78. The molecule has 1 unspecified atom stereocenters. The third-order valence-corrected chi connectivity index (χ3v) is 5.70. The first kappa shape index (κ1) is 19.0. The molecule has 0 radical (unpaired) electrons. The van der Waals surface area contributed by atoms with Crippen LogP contribution in [0, 0.1) is 6.92 Å². The number of carbonyl (C=O) groups is 3. The van der Waals surface area contributed by atoms with Crippen LogP contribution in [0.4, 0.5) is 0 Å². The van der Waals surface area contributed by atoms with Crippen LogP contribution in [-0.4, -0.2) is 37.7 Å². The van der Waals surface area contributed by atoms with Crippen LogP contribution in [0.2, 0.25) is 0 Å². The van der Waals surface area contributed by atoms with E-state index in [1.54, 1.807) is 12.1 Å². The average molecular weight is 390 g/mol. The van der Waals surface area contributed by atoms with E-state index in [4.69, 9.17) is 4.74 Å². The summed E-state index contributed by atoms with van der Waals surface area (Å²) in [7, 11) is -3.92. The molecule has 8 nitrogen and oxygen atoms in total. The van der Waals surface area contributed by atoms with Gasteiger partial charge in [-0.15, -0.1) is 0 Å². The number of benzene rings is 1. The van der Waals surface area contributed by atoms with Crippen LogP contribution in [0.15, 0.2) is 53.1 Å². The summed E-state index contributed by atoms with van der Waals surface area (Å²) in [5.74, 6) is -1.64. The fourth-order valence-corrected chi connectivity index (χ4v) is 4.10. The van der Waals surface area contributed by atoms with Crippen molar-refractivity contribution >= 4 is 27.7 Å². The van der Waals surface area contributed by atoms with Gasteiger partial charge in [0.15, 0.2) is 5.60 Å². The molecule has 9 heteroatoms. The largest absolute Gasteiger partial charge is 0.449 e. The van der Waals surface area contributed by atoms with Crippen molar-refractivity contribution in [1.29, 1.82) is 0 Å². The molecule has 1 heterocycles.